The van der Waals surface area contributed by atoms with E-state index in [1.54, 1.807) is 0 Å². The van der Waals surface area contributed by atoms with Crippen LogP contribution < -0.4 is 5.32 Å². The fourth-order valence-corrected chi connectivity index (χ4v) is 3.38. The highest BCUT2D eigenvalue weighted by Gasteiger charge is 2.09. The van der Waals surface area contributed by atoms with Crippen molar-refractivity contribution >= 4 is 5.69 Å². The average molecular weight is 287 g/mol. The molecule has 1 aliphatic carbocycles. The summed E-state index contributed by atoms with van der Waals surface area (Å²) in [5.41, 5.74) is 2.74. The first-order valence-corrected chi connectivity index (χ1v) is 9.24. The molecule has 118 valence electrons. The Labute approximate surface area is 131 Å². The second-order valence-corrected chi connectivity index (χ2v) is 6.65. The van der Waals surface area contributed by atoms with Gasteiger partial charge in [0, 0.05) is 11.7 Å². The first-order chi connectivity index (χ1) is 10.4. The number of nitrogens with one attached hydrogen (secondary N) is 1. The van der Waals surface area contributed by atoms with Crippen molar-refractivity contribution in [1.29, 1.82) is 0 Å². The maximum Gasteiger partial charge on any atom is 0.0342 e. The van der Waals surface area contributed by atoms with Gasteiger partial charge in [-0.25, -0.2) is 0 Å². The van der Waals surface area contributed by atoms with Crippen molar-refractivity contribution in [3.8, 4) is 0 Å². The van der Waals surface area contributed by atoms with Crippen LogP contribution in [0.15, 0.2) is 24.3 Å². The van der Waals surface area contributed by atoms with E-state index in [4.69, 9.17) is 0 Å². The Morgan fingerprint density at radius 2 is 1.24 bits per heavy atom. The molecule has 1 aromatic carbocycles. The molecule has 0 bridgehead atoms. The van der Waals surface area contributed by atoms with Gasteiger partial charge in [-0.3, -0.25) is 0 Å². The number of aryl methyl sites for hydroxylation is 1. The Morgan fingerprint density at radius 1 is 0.762 bits per heavy atom. The minimum atomic E-state index is 0.678. The molecule has 0 heterocycles. The van der Waals surface area contributed by atoms with Crippen molar-refractivity contribution in [3.63, 3.8) is 0 Å². The lowest BCUT2D eigenvalue weighted by Gasteiger charge is -2.21. The lowest BCUT2D eigenvalue weighted by Crippen LogP contribution is -2.19. The van der Waals surface area contributed by atoms with E-state index in [0.29, 0.717) is 6.04 Å². The van der Waals surface area contributed by atoms with E-state index in [1.807, 2.05) is 0 Å². The third-order valence-electron chi connectivity index (χ3n) is 4.84. The van der Waals surface area contributed by atoms with Gasteiger partial charge in [0.25, 0.3) is 0 Å². The Hall–Kier alpha value is -0.980. The number of rotatable bonds is 3. The Balaban J connectivity index is 1.84. The molecule has 1 saturated carbocycles. The van der Waals surface area contributed by atoms with E-state index in [2.05, 4.69) is 36.5 Å². The van der Waals surface area contributed by atoms with Crippen LogP contribution in [0.4, 0.5) is 5.69 Å². The van der Waals surface area contributed by atoms with Crippen molar-refractivity contribution in [1.82, 2.24) is 0 Å². The summed E-state index contributed by atoms with van der Waals surface area (Å²) in [5, 5.41) is 3.78. The standard InChI is InChI=1S/C20H33N/c1-2-18-14-16-20(17-15-18)21-19-12-10-8-6-4-3-5-7-9-11-13-19/h14-17,19,21H,2-13H2,1H3. The van der Waals surface area contributed by atoms with E-state index in [-0.39, 0.29) is 0 Å². The second kappa shape index (κ2) is 9.87. The molecule has 2 rings (SSSR count). The summed E-state index contributed by atoms with van der Waals surface area (Å²) in [7, 11) is 0. The molecule has 0 radical (unpaired) electrons. The van der Waals surface area contributed by atoms with Gasteiger partial charge in [0.05, 0.1) is 0 Å². The van der Waals surface area contributed by atoms with Crippen molar-refractivity contribution in [3.05, 3.63) is 29.8 Å². The monoisotopic (exact) mass is 287 g/mol. The van der Waals surface area contributed by atoms with Gasteiger partial charge in [0.1, 0.15) is 0 Å². The molecule has 0 aromatic heterocycles. The lowest BCUT2D eigenvalue weighted by atomic mass is 9.97. The van der Waals surface area contributed by atoms with Gasteiger partial charge in [-0.05, 0) is 37.0 Å². The van der Waals surface area contributed by atoms with E-state index in [9.17, 15) is 0 Å². The van der Waals surface area contributed by atoms with Crippen LogP contribution in [-0.4, -0.2) is 6.04 Å². The SMILES string of the molecule is CCc1ccc(NC2CCCCCCCCCCC2)cc1. The van der Waals surface area contributed by atoms with Gasteiger partial charge in [0.15, 0.2) is 0 Å². The van der Waals surface area contributed by atoms with Gasteiger partial charge in [-0.2, -0.15) is 0 Å². The first kappa shape index (κ1) is 16.4. The molecule has 1 nitrogen and oxygen atoms in total. The zero-order chi connectivity index (χ0) is 14.8. The van der Waals surface area contributed by atoms with Crippen LogP contribution in [0.3, 0.4) is 0 Å². The molecule has 1 fully saturated rings. The highest BCUT2D eigenvalue weighted by Crippen LogP contribution is 2.20. The predicted molar refractivity (Wildman–Crippen MR) is 94.0 cm³/mol. The highest BCUT2D eigenvalue weighted by molar-refractivity contribution is 5.45. The molecule has 21 heavy (non-hydrogen) atoms. The molecule has 0 amide bonds. The zero-order valence-corrected chi connectivity index (χ0v) is 13.9. The smallest absolute Gasteiger partial charge is 0.0342 e. The third kappa shape index (κ3) is 6.54. The summed E-state index contributed by atoms with van der Waals surface area (Å²) >= 11 is 0. The van der Waals surface area contributed by atoms with E-state index in [0.717, 1.165) is 6.42 Å². The first-order valence-electron chi connectivity index (χ1n) is 9.24. The van der Waals surface area contributed by atoms with Crippen molar-refractivity contribution in [2.75, 3.05) is 5.32 Å². The van der Waals surface area contributed by atoms with Crippen LogP contribution in [0, 0.1) is 0 Å². The van der Waals surface area contributed by atoms with Crippen LogP contribution in [0.1, 0.15) is 83.1 Å². The van der Waals surface area contributed by atoms with Crippen molar-refractivity contribution in [2.45, 2.75) is 90.0 Å². The quantitative estimate of drug-likeness (QED) is 0.684. The second-order valence-electron chi connectivity index (χ2n) is 6.65. The number of hydrogen-bond acceptors (Lipinski definition) is 1. The Morgan fingerprint density at radius 3 is 1.71 bits per heavy atom. The Bertz CT molecular complexity index is 356. The molecule has 0 unspecified atom stereocenters. The molecule has 1 heteroatoms. The Kier molecular flexibility index (Phi) is 7.70. The van der Waals surface area contributed by atoms with E-state index in [1.165, 1.54) is 81.9 Å². The van der Waals surface area contributed by atoms with Gasteiger partial charge in [0.2, 0.25) is 0 Å². The van der Waals surface area contributed by atoms with Gasteiger partial charge in [-0.15, -0.1) is 0 Å². The van der Waals surface area contributed by atoms with Crippen LogP contribution in [-0.2, 0) is 6.42 Å². The van der Waals surface area contributed by atoms with Gasteiger partial charge < -0.3 is 5.32 Å². The minimum absolute atomic E-state index is 0.678. The summed E-state index contributed by atoms with van der Waals surface area (Å²) in [5.74, 6) is 0. The highest BCUT2D eigenvalue weighted by atomic mass is 14.9. The van der Waals surface area contributed by atoms with Crippen LogP contribution >= 0.6 is 0 Å². The molecule has 1 aromatic rings. The van der Waals surface area contributed by atoms with Crippen molar-refractivity contribution < 1.29 is 0 Å². The van der Waals surface area contributed by atoms with E-state index >= 15 is 0 Å². The van der Waals surface area contributed by atoms with Crippen LogP contribution in [0.2, 0.25) is 0 Å². The molecular weight excluding hydrogens is 254 g/mol. The van der Waals surface area contributed by atoms with Crippen LogP contribution in [0.25, 0.3) is 0 Å². The average Bonchev–Trinajstić information content (AvgIpc) is 2.51. The normalized spacial score (nSPS) is 19.5. The number of anilines is 1. The van der Waals surface area contributed by atoms with Gasteiger partial charge in [-0.1, -0.05) is 76.8 Å². The summed E-state index contributed by atoms with van der Waals surface area (Å²) in [4.78, 5) is 0. The number of hydrogen-bond donors (Lipinski definition) is 1. The third-order valence-corrected chi connectivity index (χ3v) is 4.84. The molecule has 1 aliphatic rings. The fourth-order valence-electron chi connectivity index (χ4n) is 3.38. The summed E-state index contributed by atoms with van der Waals surface area (Å²) in [6.07, 6.45) is 16.7. The molecule has 0 atom stereocenters. The van der Waals surface area contributed by atoms with Crippen LogP contribution in [0.5, 0.6) is 0 Å². The molecular formula is C20H33N. The maximum absolute atomic E-state index is 3.78. The summed E-state index contributed by atoms with van der Waals surface area (Å²) in [6, 6.07) is 9.72. The molecule has 1 N–H and O–H groups in total. The summed E-state index contributed by atoms with van der Waals surface area (Å²) in [6.45, 7) is 2.22. The molecule has 0 spiro atoms. The van der Waals surface area contributed by atoms with Crippen molar-refractivity contribution in [2.24, 2.45) is 0 Å². The predicted octanol–water partition coefficient (Wildman–Crippen LogP) is 6.33. The topological polar surface area (TPSA) is 12.0 Å². The van der Waals surface area contributed by atoms with Gasteiger partial charge >= 0.3 is 0 Å². The maximum atomic E-state index is 3.78. The lowest BCUT2D eigenvalue weighted by molar-refractivity contribution is 0.480. The minimum Gasteiger partial charge on any atom is -0.382 e. The summed E-state index contributed by atoms with van der Waals surface area (Å²) < 4.78 is 0. The number of benzene rings is 1. The largest absolute Gasteiger partial charge is 0.382 e. The van der Waals surface area contributed by atoms with E-state index < -0.39 is 0 Å². The fraction of sp³-hybridized carbons (Fsp3) is 0.700. The zero-order valence-electron chi connectivity index (χ0n) is 13.9. The molecule has 0 aliphatic heterocycles. The molecule has 0 saturated heterocycles.